The van der Waals surface area contributed by atoms with Crippen molar-refractivity contribution in [2.24, 2.45) is 9.98 Å². The third kappa shape index (κ3) is 5.08. The molecule has 268 valence electrons. The van der Waals surface area contributed by atoms with Gasteiger partial charge in [-0.25, -0.2) is 9.98 Å². The number of aliphatic imine (C=N–C) groups is 2. The normalized spacial score (nSPS) is 14.5. The predicted octanol–water partition coefficient (Wildman–Crippen LogP) is 13.2. The molecule has 0 radical (unpaired) electrons. The van der Waals surface area contributed by atoms with E-state index < -0.39 is 0 Å². The molecule has 0 fully saturated rings. The zero-order valence-electron chi connectivity index (χ0n) is 30.6. The fraction of sp³-hybridized carbons (Fsp3) is 0.0196. The van der Waals surface area contributed by atoms with Crippen molar-refractivity contribution in [1.82, 2.24) is 9.88 Å². The monoisotopic (exact) mass is 748 g/mol. The number of fused-ring (bicyclic) bond motifs is 10. The summed E-state index contributed by atoms with van der Waals surface area (Å²) in [5.74, 6) is 1.40. The van der Waals surface area contributed by atoms with Crippen molar-refractivity contribution >= 4 is 86.9 Å². The van der Waals surface area contributed by atoms with Crippen molar-refractivity contribution < 1.29 is 4.42 Å². The van der Waals surface area contributed by atoms with Gasteiger partial charge in [0.25, 0.3) is 0 Å². The van der Waals surface area contributed by atoms with Crippen molar-refractivity contribution in [3.8, 4) is 16.8 Å². The molecule has 0 amide bonds. The molecule has 11 aromatic rings. The lowest BCUT2D eigenvalue weighted by Crippen LogP contribution is -2.33. The van der Waals surface area contributed by atoms with Crippen LogP contribution in [-0.2, 0) is 0 Å². The average molecular weight is 749 g/mol. The minimum atomic E-state index is -0.373. The zero-order valence-corrected chi connectivity index (χ0v) is 31.4. The lowest BCUT2D eigenvalue weighted by atomic mass is 10.0. The maximum Gasteiger partial charge on any atom is 0.163 e. The Morgan fingerprint density at radius 1 is 0.544 bits per heavy atom. The van der Waals surface area contributed by atoms with Gasteiger partial charge in [-0.3, -0.25) is 0 Å². The molecule has 1 unspecified atom stereocenters. The van der Waals surface area contributed by atoms with Gasteiger partial charge in [-0.1, -0.05) is 133 Å². The minimum absolute atomic E-state index is 0.373. The smallest absolute Gasteiger partial charge is 0.163 e. The number of furan rings is 1. The van der Waals surface area contributed by atoms with E-state index in [1.807, 2.05) is 17.4 Å². The number of para-hydroxylation sites is 3. The van der Waals surface area contributed by atoms with E-state index >= 15 is 0 Å². The van der Waals surface area contributed by atoms with Gasteiger partial charge >= 0.3 is 0 Å². The molecule has 1 N–H and O–H groups in total. The Morgan fingerprint density at radius 3 is 2.09 bits per heavy atom. The van der Waals surface area contributed by atoms with Gasteiger partial charge < -0.3 is 14.3 Å². The van der Waals surface area contributed by atoms with Crippen molar-refractivity contribution in [3.63, 3.8) is 0 Å². The first-order chi connectivity index (χ1) is 28.2. The molecule has 12 rings (SSSR count). The molecule has 3 aromatic heterocycles. The largest absolute Gasteiger partial charge is 0.455 e. The molecule has 0 saturated carbocycles. The van der Waals surface area contributed by atoms with Gasteiger partial charge in [0.05, 0.1) is 22.0 Å². The summed E-state index contributed by atoms with van der Waals surface area (Å²) in [5.41, 5.74) is 10.2. The number of rotatable bonds is 5. The van der Waals surface area contributed by atoms with Crippen LogP contribution in [0.2, 0.25) is 0 Å². The van der Waals surface area contributed by atoms with Crippen molar-refractivity contribution in [1.29, 1.82) is 0 Å². The minimum Gasteiger partial charge on any atom is -0.455 e. The number of hydrogen-bond donors (Lipinski definition) is 1. The van der Waals surface area contributed by atoms with Crippen LogP contribution in [0.15, 0.2) is 196 Å². The van der Waals surface area contributed by atoms with Crippen LogP contribution < -0.4 is 5.32 Å². The highest BCUT2D eigenvalue weighted by molar-refractivity contribution is 7.25. The van der Waals surface area contributed by atoms with E-state index in [0.717, 1.165) is 66.7 Å². The highest BCUT2D eigenvalue weighted by Crippen LogP contribution is 2.42. The third-order valence-electron chi connectivity index (χ3n) is 11.3. The Balaban J connectivity index is 1.06. The van der Waals surface area contributed by atoms with Gasteiger partial charge in [0.2, 0.25) is 0 Å². The molecule has 0 spiro atoms. The summed E-state index contributed by atoms with van der Waals surface area (Å²) >= 11 is 1.81. The summed E-state index contributed by atoms with van der Waals surface area (Å²) in [7, 11) is 0. The molecule has 6 heteroatoms. The summed E-state index contributed by atoms with van der Waals surface area (Å²) < 4.78 is 11.8. The van der Waals surface area contributed by atoms with Crippen LogP contribution in [-0.4, -0.2) is 16.2 Å². The van der Waals surface area contributed by atoms with E-state index in [2.05, 4.69) is 186 Å². The fourth-order valence-corrected chi connectivity index (χ4v) is 9.75. The molecule has 1 aliphatic heterocycles. The first kappa shape index (κ1) is 32.0. The molecule has 0 aliphatic carbocycles. The first-order valence-electron chi connectivity index (χ1n) is 19.2. The van der Waals surface area contributed by atoms with Crippen molar-refractivity contribution in [3.05, 3.63) is 199 Å². The van der Waals surface area contributed by atoms with Gasteiger partial charge in [-0.2, -0.15) is 0 Å². The van der Waals surface area contributed by atoms with E-state index in [-0.39, 0.29) is 6.17 Å². The Hall–Kier alpha value is -7.28. The van der Waals surface area contributed by atoms with Gasteiger partial charge in [-0.15, -0.1) is 11.3 Å². The number of aromatic nitrogens is 1. The number of nitrogens with one attached hydrogen (secondary N) is 1. The predicted molar refractivity (Wildman–Crippen MR) is 238 cm³/mol. The Bertz CT molecular complexity index is 3430. The van der Waals surface area contributed by atoms with Crippen LogP contribution in [0, 0.1) is 0 Å². The standard InChI is InChI=1S/C51H32N4OS/c1-3-12-31(13-4-1)32-22-24-33(25-23-32)49-52-50(34-26-27-38-37-17-8-10-21-44(37)57-45(38)30-34)54-51(53-49)41-19-11-18-40-46-43(56-48(40)41)29-28-39-36-16-7-9-20-42(36)55(47(39)46)35-14-5-2-6-15-35/h1-30,49H,(H,52,53,54). The maximum absolute atomic E-state index is 6.89. The third-order valence-corrected chi connectivity index (χ3v) is 12.4. The number of nitrogens with zero attached hydrogens (tertiary/aromatic N) is 3. The second kappa shape index (κ2) is 12.6. The summed E-state index contributed by atoms with van der Waals surface area (Å²) in [4.78, 5) is 10.6. The lowest BCUT2D eigenvalue weighted by molar-refractivity contribution is 0.663. The molecular weight excluding hydrogens is 717 g/mol. The lowest BCUT2D eigenvalue weighted by Gasteiger charge is -2.24. The summed E-state index contributed by atoms with van der Waals surface area (Å²) in [6, 6.07) is 64.3. The average Bonchev–Trinajstić information content (AvgIpc) is 3.96. The Labute approximate surface area is 331 Å². The molecule has 4 heterocycles. The molecule has 57 heavy (non-hydrogen) atoms. The molecule has 1 aliphatic rings. The number of thiophene rings is 1. The van der Waals surface area contributed by atoms with Gasteiger partial charge in [0.15, 0.2) is 5.84 Å². The molecule has 1 atom stereocenters. The van der Waals surface area contributed by atoms with E-state index in [9.17, 15) is 0 Å². The maximum atomic E-state index is 6.89. The Morgan fingerprint density at radius 2 is 1.23 bits per heavy atom. The molecule has 0 bridgehead atoms. The number of benzene rings is 8. The van der Waals surface area contributed by atoms with E-state index in [1.165, 1.54) is 36.5 Å². The fourth-order valence-electron chi connectivity index (χ4n) is 8.61. The summed E-state index contributed by atoms with van der Waals surface area (Å²) in [6.45, 7) is 0. The second-order valence-electron chi connectivity index (χ2n) is 14.6. The number of hydrogen-bond acceptors (Lipinski definition) is 5. The van der Waals surface area contributed by atoms with Crippen LogP contribution in [0.25, 0.3) is 80.7 Å². The van der Waals surface area contributed by atoms with E-state index in [1.54, 1.807) is 0 Å². The van der Waals surface area contributed by atoms with Gasteiger partial charge in [-0.05, 0) is 65.2 Å². The highest BCUT2D eigenvalue weighted by atomic mass is 32.1. The van der Waals surface area contributed by atoms with Crippen LogP contribution in [0.5, 0.6) is 0 Å². The van der Waals surface area contributed by atoms with Crippen LogP contribution >= 0.6 is 11.3 Å². The van der Waals surface area contributed by atoms with Gasteiger partial charge in [0, 0.05) is 47.6 Å². The summed E-state index contributed by atoms with van der Waals surface area (Å²) in [6.07, 6.45) is -0.373. The molecule has 0 saturated heterocycles. The highest BCUT2D eigenvalue weighted by Gasteiger charge is 2.26. The van der Waals surface area contributed by atoms with Crippen molar-refractivity contribution in [2.75, 3.05) is 0 Å². The van der Waals surface area contributed by atoms with Crippen LogP contribution in [0.1, 0.15) is 22.9 Å². The summed E-state index contributed by atoms with van der Waals surface area (Å²) in [5, 5.41) is 10.7. The van der Waals surface area contributed by atoms with Crippen LogP contribution in [0.4, 0.5) is 0 Å². The van der Waals surface area contributed by atoms with Crippen LogP contribution in [0.3, 0.4) is 0 Å². The molecular formula is C51H32N4OS. The molecule has 8 aromatic carbocycles. The van der Waals surface area contributed by atoms with Crippen molar-refractivity contribution in [2.45, 2.75) is 6.17 Å². The number of amidine groups is 2. The SMILES string of the molecule is c1ccc(-c2ccc(C3N=C(c4cccc5c4oc4ccc6c7ccccc7n(-c7ccccc7)c6c45)N=C(c4ccc5c(c4)sc4ccccc45)N3)cc2)cc1. The quantitative estimate of drug-likeness (QED) is 0.191. The van der Waals surface area contributed by atoms with Gasteiger partial charge in [0.1, 0.15) is 23.2 Å². The van der Waals surface area contributed by atoms with E-state index in [0.29, 0.717) is 5.84 Å². The zero-order chi connectivity index (χ0) is 37.5. The van der Waals surface area contributed by atoms with E-state index in [4.69, 9.17) is 14.4 Å². The Kier molecular flexibility index (Phi) is 7.09. The second-order valence-corrected chi connectivity index (χ2v) is 15.6. The first-order valence-corrected chi connectivity index (χ1v) is 20.0. The molecule has 5 nitrogen and oxygen atoms in total. The topological polar surface area (TPSA) is 54.8 Å².